The fourth-order valence-electron chi connectivity index (χ4n) is 2.18. The maximum Gasteiger partial charge on any atom is 0.247 e. The Bertz CT molecular complexity index is 530. The van der Waals surface area contributed by atoms with Crippen molar-refractivity contribution >= 4 is 27.3 Å². The SMILES string of the molecule is NC1(c2nc(-c3ccc(Br)s3)no2)CCCC1. The van der Waals surface area contributed by atoms with Gasteiger partial charge in [-0.05, 0) is 40.9 Å². The van der Waals surface area contributed by atoms with E-state index in [-0.39, 0.29) is 0 Å². The van der Waals surface area contributed by atoms with Crippen molar-refractivity contribution in [3.05, 3.63) is 21.8 Å². The van der Waals surface area contributed by atoms with Crippen LogP contribution in [0.1, 0.15) is 31.6 Å². The summed E-state index contributed by atoms with van der Waals surface area (Å²) in [4.78, 5) is 5.43. The van der Waals surface area contributed by atoms with Gasteiger partial charge in [-0.3, -0.25) is 0 Å². The zero-order valence-corrected chi connectivity index (χ0v) is 11.6. The highest BCUT2D eigenvalue weighted by Gasteiger charge is 2.37. The average Bonchev–Trinajstić information content (AvgIpc) is 2.96. The zero-order chi connectivity index (χ0) is 11.9. The van der Waals surface area contributed by atoms with Crippen LogP contribution < -0.4 is 5.73 Å². The summed E-state index contributed by atoms with van der Waals surface area (Å²) < 4.78 is 6.38. The van der Waals surface area contributed by atoms with Gasteiger partial charge in [0.05, 0.1) is 14.2 Å². The number of nitrogens with two attached hydrogens (primary N) is 1. The quantitative estimate of drug-likeness (QED) is 0.924. The van der Waals surface area contributed by atoms with Gasteiger partial charge < -0.3 is 10.3 Å². The number of nitrogens with zero attached hydrogens (tertiary/aromatic N) is 2. The summed E-state index contributed by atoms with van der Waals surface area (Å²) in [5.41, 5.74) is 5.87. The first-order chi connectivity index (χ1) is 8.17. The number of aromatic nitrogens is 2. The molecule has 0 saturated heterocycles. The molecule has 17 heavy (non-hydrogen) atoms. The van der Waals surface area contributed by atoms with Crippen molar-refractivity contribution in [2.45, 2.75) is 31.2 Å². The molecule has 0 aromatic carbocycles. The Balaban J connectivity index is 1.92. The van der Waals surface area contributed by atoms with Crippen molar-refractivity contribution in [2.75, 3.05) is 0 Å². The van der Waals surface area contributed by atoms with E-state index < -0.39 is 5.54 Å². The number of thiophene rings is 1. The molecule has 0 atom stereocenters. The molecule has 2 aromatic rings. The molecule has 1 aliphatic carbocycles. The highest BCUT2D eigenvalue weighted by Crippen LogP contribution is 2.37. The van der Waals surface area contributed by atoms with Crippen molar-refractivity contribution in [3.63, 3.8) is 0 Å². The van der Waals surface area contributed by atoms with Crippen molar-refractivity contribution < 1.29 is 4.52 Å². The molecule has 0 unspecified atom stereocenters. The molecular formula is C11H12BrN3OS. The van der Waals surface area contributed by atoms with E-state index in [0.717, 1.165) is 34.3 Å². The Morgan fingerprint density at radius 2 is 2.12 bits per heavy atom. The lowest BCUT2D eigenvalue weighted by atomic mass is 9.99. The molecule has 1 fully saturated rings. The van der Waals surface area contributed by atoms with E-state index in [9.17, 15) is 0 Å². The number of halogens is 1. The van der Waals surface area contributed by atoms with E-state index in [1.807, 2.05) is 12.1 Å². The number of hydrogen-bond donors (Lipinski definition) is 1. The van der Waals surface area contributed by atoms with E-state index >= 15 is 0 Å². The summed E-state index contributed by atoms with van der Waals surface area (Å²) in [6.07, 6.45) is 4.14. The minimum absolute atomic E-state index is 0.403. The van der Waals surface area contributed by atoms with Gasteiger partial charge in [0.25, 0.3) is 0 Å². The third-order valence-electron chi connectivity index (χ3n) is 3.14. The molecule has 90 valence electrons. The molecule has 2 heterocycles. The van der Waals surface area contributed by atoms with Crippen molar-refractivity contribution in [2.24, 2.45) is 5.73 Å². The highest BCUT2D eigenvalue weighted by atomic mass is 79.9. The summed E-state index contributed by atoms with van der Waals surface area (Å²) in [6, 6.07) is 3.95. The van der Waals surface area contributed by atoms with E-state index in [4.69, 9.17) is 10.3 Å². The van der Waals surface area contributed by atoms with Gasteiger partial charge in [0.2, 0.25) is 11.7 Å². The third kappa shape index (κ3) is 2.05. The molecule has 0 bridgehead atoms. The first kappa shape index (κ1) is 11.4. The van der Waals surface area contributed by atoms with Crippen LogP contribution in [0.25, 0.3) is 10.7 Å². The minimum atomic E-state index is -0.403. The Morgan fingerprint density at radius 1 is 1.35 bits per heavy atom. The standard InChI is InChI=1S/C11H12BrN3OS/c12-8-4-3-7(17-8)9-14-10(16-15-9)11(13)5-1-2-6-11/h3-4H,1-2,5-6,13H2. The van der Waals surface area contributed by atoms with Crippen molar-refractivity contribution in [1.82, 2.24) is 10.1 Å². The monoisotopic (exact) mass is 313 g/mol. The van der Waals surface area contributed by atoms with Crippen LogP contribution in [0.3, 0.4) is 0 Å². The smallest absolute Gasteiger partial charge is 0.247 e. The van der Waals surface area contributed by atoms with Crippen LogP contribution >= 0.6 is 27.3 Å². The molecular weight excluding hydrogens is 302 g/mol. The van der Waals surface area contributed by atoms with Gasteiger partial charge in [-0.25, -0.2) is 0 Å². The van der Waals surface area contributed by atoms with Crippen molar-refractivity contribution in [1.29, 1.82) is 0 Å². The van der Waals surface area contributed by atoms with Crippen LogP contribution in [-0.4, -0.2) is 10.1 Å². The molecule has 0 radical (unpaired) electrons. The molecule has 6 heteroatoms. The van der Waals surface area contributed by atoms with Gasteiger partial charge in [-0.15, -0.1) is 11.3 Å². The maximum absolute atomic E-state index is 6.27. The van der Waals surface area contributed by atoms with Crippen LogP contribution in [-0.2, 0) is 5.54 Å². The third-order valence-corrected chi connectivity index (χ3v) is 4.76. The van der Waals surface area contributed by atoms with Crippen LogP contribution in [0.5, 0.6) is 0 Å². The van der Waals surface area contributed by atoms with E-state index in [1.165, 1.54) is 0 Å². The predicted octanol–water partition coefficient (Wildman–Crippen LogP) is 3.29. The van der Waals surface area contributed by atoms with Crippen LogP contribution in [0.15, 0.2) is 20.4 Å². The van der Waals surface area contributed by atoms with Gasteiger partial charge in [0.1, 0.15) is 0 Å². The van der Waals surface area contributed by atoms with Gasteiger partial charge in [-0.1, -0.05) is 18.0 Å². The molecule has 4 nitrogen and oxygen atoms in total. The lowest BCUT2D eigenvalue weighted by Gasteiger charge is -2.17. The maximum atomic E-state index is 6.27. The Hall–Kier alpha value is -0.720. The Morgan fingerprint density at radius 3 is 2.76 bits per heavy atom. The number of rotatable bonds is 2. The molecule has 2 N–H and O–H groups in total. The molecule has 1 aliphatic rings. The second kappa shape index (κ2) is 4.19. The molecule has 0 amide bonds. The van der Waals surface area contributed by atoms with Crippen LogP contribution in [0.4, 0.5) is 0 Å². The zero-order valence-electron chi connectivity index (χ0n) is 9.15. The summed E-state index contributed by atoms with van der Waals surface area (Å²) in [6.45, 7) is 0. The largest absolute Gasteiger partial charge is 0.337 e. The molecule has 3 rings (SSSR count). The molecule has 0 spiro atoms. The molecule has 1 saturated carbocycles. The van der Waals surface area contributed by atoms with Crippen LogP contribution in [0, 0.1) is 0 Å². The first-order valence-electron chi connectivity index (χ1n) is 5.56. The summed E-state index contributed by atoms with van der Waals surface area (Å²) in [5.74, 6) is 1.21. The Labute approximate surface area is 111 Å². The topological polar surface area (TPSA) is 64.9 Å². The lowest BCUT2D eigenvalue weighted by molar-refractivity contribution is 0.285. The molecule has 0 aliphatic heterocycles. The predicted molar refractivity (Wildman–Crippen MR) is 69.6 cm³/mol. The van der Waals surface area contributed by atoms with Crippen LogP contribution in [0.2, 0.25) is 0 Å². The van der Waals surface area contributed by atoms with Gasteiger partial charge in [-0.2, -0.15) is 4.98 Å². The number of hydrogen-bond acceptors (Lipinski definition) is 5. The second-order valence-corrected chi connectivity index (χ2v) is 6.85. The summed E-state index contributed by atoms with van der Waals surface area (Å²) >= 11 is 5.01. The lowest BCUT2D eigenvalue weighted by Crippen LogP contribution is -2.33. The van der Waals surface area contributed by atoms with Gasteiger partial charge >= 0.3 is 0 Å². The minimum Gasteiger partial charge on any atom is -0.337 e. The van der Waals surface area contributed by atoms with E-state index in [0.29, 0.717) is 11.7 Å². The van der Waals surface area contributed by atoms with Crippen molar-refractivity contribution in [3.8, 4) is 10.7 Å². The van der Waals surface area contributed by atoms with E-state index in [2.05, 4.69) is 26.1 Å². The fourth-order valence-corrected chi connectivity index (χ4v) is 3.49. The van der Waals surface area contributed by atoms with E-state index in [1.54, 1.807) is 11.3 Å². The van der Waals surface area contributed by atoms with Gasteiger partial charge in [0.15, 0.2) is 0 Å². The Kier molecular flexibility index (Phi) is 2.80. The second-order valence-electron chi connectivity index (χ2n) is 4.39. The van der Waals surface area contributed by atoms with Gasteiger partial charge in [0, 0.05) is 0 Å². The summed E-state index contributed by atoms with van der Waals surface area (Å²) in [5, 5.41) is 4.01. The highest BCUT2D eigenvalue weighted by molar-refractivity contribution is 9.11. The average molecular weight is 314 g/mol. The first-order valence-corrected chi connectivity index (χ1v) is 7.17. The summed E-state index contributed by atoms with van der Waals surface area (Å²) in [7, 11) is 0. The normalized spacial score (nSPS) is 18.7. The molecule has 2 aromatic heterocycles. The fraction of sp³-hybridized carbons (Fsp3) is 0.455.